The molecule has 0 N–H and O–H groups in total. The van der Waals surface area contributed by atoms with Crippen LogP contribution in [0.5, 0.6) is 0 Å². The van der Waals surface area contributed by atoms with Gasteiger partial charge in [-0.05, 0) is 30.2 Å². The van der Waals surface area contributed by atoms with Gasteiger partial charge in [0.05, 0.1) is 0 Å². The quantitative estimate of drug-likeness (QED) is 0.631. The van der Waals surface area contributed by atoms with Crippen molar-refractivity contribution in [1.29, 1.82) is 0 Å². The molecule has 118 valence electrons. The molecule has 0 saturated heterocycles. The third-order valence-electron chi connectivity index (χ3n) is 3.69. The van der Waals surface area contributed by atoms with Gasteiger partial charge in [-0.2, -0.15) is 0 Å². The summed E-state index contributed by atoms with van der Waals surface area (Å²) in [5, 5.41) is 10.3. The van der Waals surface area contributed by atoms with Gasteiger partial charge < -0.3 is 4.57 Å². The van der Waals surface area contributed by atoms with Crippen LogP contribution in [0.15, 0.2) is 53.7 Å². The SMILES string of the molecule is Cc1ccc(CSc2nnc(Cc3ccc(Cl)cc3)n2C)cc1. The molecule has 0 bridgehead atoms. The van der Waals surface area contributed by atoms with Crippen molar-refractivity contribution >= 4 is 23.4 Å². The van der Waals surface area contributed by atoms with E-state index in [0.717, 1.165) is 28.2 Å². The van der Waals surface area contributed by atoms with Crippen molar-refractivity contribution in [2.45, 2.75) is 24.3 Å². The summed E-state index contributed by atoms with van der Waals surface area (Å²) in [6.45, 7) is 2.10. The molecule has 0 saturated carbocycles. The molecule has 0 aliphatic heterocycles. The number of nitrogens with zero attached hydrogens (tertiary/aromatic N) is 3. The Hall–Kier alpha value is -1.78. The zero-order valence-corrected chi connectivity index (χ0v) is 14.7. The molecule has 3 aromatic rings. The first-order valence-electron chi connectivity index (χ1n) is 7.43. The van der Waals surface area contributed by atoms with E-state index < -0.39 is 0 Å². The van der Waals surface area contributed by atoms with Crippen LogP contribution in [0.25, 0.3) is 0 Å². The molecular formula is C18H18ClN3S. The van der Waals surface area contributed by atoms with E-state index in [4.69, 9.17) is 11.6 Å². The van der Waals surface area contributed by atoms with Crippen LogP contribution < -0.4 is 0 Å². The van der Waals surface area contributed by atoms with Gasteiger partial charge in [0.2, 0.25) is 0 Å². The van der Waals surface area contributed by atoms with E-state index in [1.807, 2.05) is 31.3 Å². The van der Waals surface area contributed by atoms with Crippen LogP contribution in [-0.4, -0.2) is 14.8 Å². The first kappa shape index (κ1) is 16.1. The molecule has 0 amide bonds. The molecule has 0 atom stereocenters. The van der Waals surface area contributed by atoms with Crippen molar-refractivity contribution < 1.29 is 0 Å². The molecule has 3 nitrogen and oxygen atoms in total. The van der Waals surface area contributed by atoms with Gasteiger partial charge in [0.25, 0.3) is 0 Å². The molecule has 3 rings (SSSR count). The van der Waals surface area contributed by atoms with Crippen LogP contribution in [0.3, 0.4) is 0 Å². The molecule has 1 aromatic heterocycles. The molecule has 0 radical (unpaired) electrons. The molecule has 5 heteroatoms. The molecule has 0 aliphatic rings. The van der Waals surface area contributed by atoms with Crippen LogP contribution in [0.1, 0.15) is 22.5 Å². The average molecular weight is 344 g/mol. The zero-order chi connectivity index (χ0) is 16.2. The van der Waals surface area contributed by atoms with Gasteiger partial charge in [-0.25, -0.2) is 0 Å². The Morgan fingerprint density at radius 2 is 1.61 bits per heavy atom. The Balaban J connectivity index is 1.66. The van der Waals surface area contributed by atoms with E-state index in [9.17, 15) is 0 Å². The summed E-state index contributed by atoms with van der Waals surface area (Å²) in [4.78, 5) is 0. The summed E-state index contributed by atoms with van der Waals surface area (Å²) in [5.74, 6) is 1.85. The van der Waals surface area contributed by atoms with E-state index in [2.05, 4.69) is 46.0 Å². The molecule has 0 unspecified atom stereocenters. The van der Waals surface area contributed by atoms with Gasteiger partial charge in [-0.3, -0.25) is 0 Å². The number of aromatic nitrogens is 3. The summed E-state index contributed by atoms with van der Waals surface area (Å²) in [6, 6.07) is 16.4. The van der Waals surface area contributed by atoms with E-state index >= 15 is 0 Å². The second kappa shape index (κ2) is 7.20. The molecule has 0 fully saturated rings. The van der Waals surface area contributed by atoms with Crippen LogP contribution >= 0.6 is 23.4 Å². The third-order valence-corrected chi connectivity index (χ3v) is 5.03. The van der Waals surface area contributed by atoms with E-state index in [0.29, 0.717) is 0 Å². The number of hydrogen-bond acceptors (Lipinski definition) is 3. The highest BCUT2D eigenvalue weighted by molar-refractivity contribution is 7.98. The third kappa shape index (κ3) is 4.15. The van der Waals surface area contributed by atoms with Gasteiger partial charge in [0.15, 0.2) is 5.16 Å². The predicted molar refractivity (Wildman–Crippen MR) is 96.0 cm³/mol. The Morgan fingerprint density at radius 3 is 2.30 bits per heavy atom. The maximum Gasteiger partial charge on any atom is 0.191 e. The summed E-state index contributed by atoms with van der Waals surface area (Å²) in [7, 11) is 2.02. The lowest BCUT2D eigenvalue weighted by Crippen LogP contribution is -2.00. The van der Waals surface area contributed by atoms with E-state index in [1.54, 1.807) is 11.8 Å². The van der Waals surface area contributed by atoms with Gasteiger partial charge in [-0.1, -0.05) is 65.3 Å². The van der Waals surface area contributed by atoms with E-state index in [-0.39, 0.29) is 0 Å². The summed E-state index contributed by atoms with van der Waals surface area (Å²) < 4.78 is 2.06. The standard InChI is InChI=1S/C18H18ClN3S/c1-13-3-5-15(6-4-13)12-23-18-21-20-17(22(18)2)11-14-7-9-16(19)10-8-14/h3-10H,11-12H2,1-2H3. The summed E-state index contributed by atoms with van der Waals surface area (Å²) in [6.07, 6.45) is 0.756. The Kier molecular flexibility index (Phi) is 5.03. The number of rotatable bonds is 5. The smallest absolute Gasteiger partial charge is 0.191 e. The largest absolute Gasteiger partial charge is 0.309 e. The minimum absolute atomic E-state index is 0.751. The fourth-order valence-corrected chi connectivity index (χ4v) is 3.25. The number of aryl methyl sites for hydroxylation is 1. The molecule has 1 heterocycles. The summed E-state index contributed by atoms with van der Waals surface area (Å²) >= 11 is 7.63. The number of hydrogen-bond donors (Lipinski definition) is 0. The van der Waals surface area contributed by atoms with Crippen molar-refractivity contribution in [3.05, 3.63) is 76.1 Å². The number of benzene rings is 2. The molecule has 2 aromatic carbocycles. The van der Waals surface area contributed by atoms with Crippen LogP contribution in [0, 0.1) is 6.92 Å². The minimum atomic E-state index is 0.751. The topological polar surface area (TPSA) is 30.7 Å². The Morgan fingerprint density at radius 1 is 0.957 bits per heavy atom. The molecule has 0 aliphatic carbocycles. The van der Waals surface area contributed by atoms with Gasteiger partial charge >= 0.3 is 0 Å². The Labute approximate surface area is 145 Å². The van der Waals surface area contributed by atoms with Crippen molar-refractivity contribution in [3.8, 4) is 0 Å². The zero-order valence-electron chi connectivity index (χ0n) is 13.2. The lowest BCUT2D eigenvalue weighted by Gasteiger charge is -2.05. The lowest BCUT2D eigenvalue weighted by molar-refractivity contribution is 0.749. The maximum absolute atomic E-state index is 5.92. The average Bonchev–Trinajstić information content (AvgIpc) is 2.90. The molecule has 0 spiro atoms. The van der Waals surface area contributed by atoms with Gasteiger partial charge in [0, 0.05) is 24.2 Å². The lowest BCUT2D eigenvalue weighted by atomic mass is 10.1. The molecule has 23 heavy (non-hydrogen) atoms. The highest BCUT2D eigenvalue weighted by Crippen LogP contribution is 2.22. The van der Waals surface area contributed by atoms with E-state index in [1.165, 1.54) is 16.7 Å². The highest BCUT2D eigenvalue weighted by Gasteiger charge is 2.10. The first-order valence-corrected chi connectivity index (χ1v) is 8.79. The van der Waals surface area contributed by atoms with Gasteiger partial charge in [-0.15, -0.1) is 10.2 Å². The van der Waals surface area contributed by atoms with Crippen LogP contribution in [-0.2, 0) is 19.2 Å². The number of halogens is 1. The second-order valence-corrected chi connectivity index (χ2v) is 6.91. The minimum Gasteiger partial charge on any atom is -0.309 e. The first-order chi connectivity index (χ1) is 11.1. The fourth-order valence-electron chi connectivity index (χ4n) is 2.24. The second-order valence-electron chi connectivity index (χ2n) is 5.54. The fraction of sp³-hybridized carbons (Fsp3) is 0.222. The molecular weight excluding hydrogens is 326 g/mol. The monoisotopic (exact) mass is 343 g/mol. The van der Waals surface area contributed by atoms with Crippen molar-refractivity contribution in [2.24, 2.45) is 7.05 Å². The van der Waals surface area contributed by atoms with Crippen LogP contribution in [0.4, 0.5) is 0 Å². The number of thioether (sulfide) groups is 1. The normalized spacial score (nSPS) is 10.9. The van der Waals surface area contributed by atoms with Crippen LogP contribution in [0.2, 0.25) is 5.02 Å². The Bertz CT molecular complexity index is 779. The summed E-state index contributed by atoms with van der Waals surface area (Å²) in [5.41, 5.74) is 3.76. The predicted octanol–water partition coefficient (Wildman–Crippen LogP) is 4.66. The highest BCUT2D eigenvalue weighted by atomic mass is 35.5. The van der Waals surface area contributed by atoms with Crippen molar-refractivity contribution in [1.82, 2.24) is 14.8 Å². The maximum atomic E-state index is 5.92. The van der Waals surface area contributed by atoms with Crippen molar-refractivity contribution in [3.63, 3.8) is 0 Å². The van der Waals surface area contributed by atoms with Crippen molar-refractivity contribution in [2.75, 3.05) is 0 Å². The van der Waals surface area contributed by atoms with Gasteiger partial charge in [0.1, 0.15) is 5.82 Å².